The van der Waals surface area contributed by atoms with Crippen LogP contribution in [0.5, 0.6) is 0 Å². The normalized spacial score (nSPS) is 18.7. The lowest BCUT2D eigenvalue weighted by molar-refractivity contribution is -0.237. The van der Waals surface area contributed by atoms with Crippen LogP contribution < -0.4 is 0 Å². The van der Waals surface area contributed by atoms with Crippen molar-refractivity contribution in [1.29, 1.82) is 0 Å². The second-order valence-corrected chi connectivity index (χ2v) is 15.1. The van der Waals surface area contributed by atoms with Crippen LogP contribution in [0.4, 0.5) is 0 Å². The van der Waals surface area contributed by atoms with Crippen LogP contribution in [0.1, 0.15) is 150 Å². The van der Waals surface area contributed by atoms with Gasteiger partial charge in [0, 0.05) is 51.8 Å². The topological polar surface area (TPSA) is 83.1 Å². The predicted octanol–water partition coefficient (Wildman–Crippen LogP) is 10.6. The first-order chi connectivity index (χ1) is 27.2. The summed E-state index contributed by atoms with van der Waals surface area (Å²) in [5.41, 5.74) is 4.67. The largest absolute Gasteiger partial charge is 0.379 e. The lowest BCUT2D eigenvalue weighted by Crippen LogP contribution is -2.24. The molecule has 0 spiro atoms. The molecule has 0 radical (unpaired) electrons. The third kappa shape index (κ3) is 20.4. The molecule has 9 nitrogen and oxygen atoms in total. The molecule has 312 valence electrons. The lowest BCUT2D eigenvalue weighted by Gasteiger charge is -2.24. The van der Waals surface area contributed by atoms with Crippen molar-refractivity contribution in [3.05, 3.63) is 70.8 Å². The Hall–Kier alpha value is -1.92. The molecule has 0 aromatic heterocycles. The van der Waals surface area contributed by atoms with Crippen molar-refractivity contribution in [3.8, 4) is 0 Å². The van der Waals surface area contributed by atoms with Crippen LogP contribution in [-0.2, 0) is 55.5 Å². The molecule has 4 rings (SSSR count). The molecular formula is C46H74O9. The Kier molecular flexibility index (Phi) is 25.1. The highest BCUT2D eigenvalue weighted by Gasteiger charge is 2.20. The zero-order valence-corrected chi connectivity index (χ0v) is 34.4. The fraction of sp³-hybridized carbons (Fsp3) is 0.739. The minimum Gasteiger partial charge on any atom is -0.379 e. The van der Waals surface area contributed by atoms with E-state index < -0.39 is 12.6 Å². The Labute approximate surface area is 333 Å². The number of hydrogen-bond acceptors (Lipinski definition) is 9. The van der Waals surface area contributed by atoms with E-state index in [0.717, 1.165) is 88.9 Å². The fourth-order valence-electron chi connectivity index (χ4n) is 7.18. The number of unbranched alkanes of at least 4 members (excludes halogenated alkanes) is 10. The number of rotatable bonds is 32. The number of hydrogen-bond donors (Lipinski definition) is 0. The molecule has 2 aromatic carbocycles. The van der Waals surface area contributed by atoms with E-state index in [4.69, 9.17) is 42.6 Å². The summed E-state index contributed by atoms with van der Waals surface area (Å²) in [6.07, 6.45) is 22.5. The summed E-state index contributed by atoms with van der Waals surface area (Å²) in [5.74, 6) is 0. The quantitative estimate of drug-likeness (QED) is 0.0533. The van der Waals surface area contributed by atoms with Gasteiger partial charge in [0.1, 0.15) is 0 Å². The SMILES string of the molecule is COC(OC(OC)c1ccc(CCCCCCCCOCCOC2CCCCO2)cc1)c1ccc(CCCCCCCCOCCOC2CCCCO2)cc1. The van der Waals surface area contributed by atoms with Gasteiger partial charge in [-0.2, -0.15) is 0 Å². The van der Waals surface area contributed by atoms with Gasteiger partial charge < -0.3 is 42.6 Å². The van der Waals surface area contributed by atoms with Crippen molar-refractivity contribution >= 4 is 0 Å². The Bertz CT molecular complexity index is 1070. The van der Waals surface area contributed by atoms with Crippen LogP contribution in [0, 0.1) is 0 Å². The molecule has 4 unspecified atom stereocenters. The molecule has 9 heteroatoms. The van der Waals surface area contributed by atoms with Gasteiger partial charge in [-0.1, -0.05) is 99.9 Å². The summed E-state index contributed by atoms with van der Waals surface area (Å²) in [5, 5.41) is 0. The van der Waals surface area contributed by atoms with E-state index in [1.807, 2.05) is 0 Å². The first-order valence-electron chi connectivity index (χ1n) is 21.8. The Morgan fingerprint density at radius 3 is 1.25 bits per heavy atom. The molecule has 2 fully saturated rings. The van der Waals surface area contributed by atoms with E-state index in [1.165, 1.54) is 88.2 Å². The lowest BCUT2D eigenvalue weighted by atomic mass is 10.0. The Morgan fingerprint density at radius 1 is 0.473 bits per heavy atom. The third-order valence-corrected chi connectivity index (χ3v) is 10.5. The fourth-order valence-corrected chi connectivity index (χ4v) is 7.18. The number of benzene rings is 2. The maximum absolute atomic E-state index is 6.31. The van der Waals surface area contributed by atoms with Gasteiger partial charge in [0.25, 0.3) is 0 Å². The Morgan fingerprint density at radius 2 is 0.873 bits per heavy atom. The standard InChI is InChI=1S/C46H74O9/c1-47-45(41-27-23-39(24-28-41)19-11-7-3-5-9-15-31-49-35-37-53-43-21-13-17-33-51-43)55-46(48-2)42-29-25-40(26-30-42)20-12-8-4-6-10-16-32-50-36-38-54-44-22-14-18-34-52-44/h23-30,43-46H,3-22,31-38H2,1-2H3. The van der Waals surface area contributed by atoms with Gasteiger partial charge in [0.15, 0.2) is 25.2 Å². The molecule has 0 bridgehead atoms. The second kappa shape index (κ2) is 30.2. The van der Waals surface area contributed by atoms with Crippen LogP contribution in [-0.4, -0.2) is 79.7 Å². The molecule has 2 aliphatic rings. The predicted molar refractivity (Wildman–Crippen MR) is 217 cm³/mol. The highest BCUT2D eigenvalue weighted by atomic mass is 16.8. The minimum atomic E-state index is -0.511. The third-order valence-electron chi connectivity index (χ3n) is 10.5. The van der Waals surface area contributed by atoms with E-state index >= 15 is 0 Å². The molecule has 0 saturated carbocycles. The van der Waals surface area contributed by atoms with Crippen LogP contribution in [0.2, 0.25) is 0 Å². The monoisotopic (exact) mass is 771 g/mol. The number of aryl methyl sites for hydroxylation is 2. The Balaban J connectivity index is 0.985. The van der Waals surface area contributed by atoms with Gasteiger partial charge in [0.05, 0.1) is 26.4 Å². The van der Waals surface area contributed by atoms with E-state index in [1.54, 1.807) is 14.2 Å². The van der Waals surface area contributed by atoms with Crippen LogP contribution in [0.25, 0.3) is 0 Å². The van der Waals surface area contributed by atoms with E-state index in [9.17, 15) is 0 Å². The van der Waals surface area contributed by atoms with Gasteiger partial charge >= 0.3 is 0 Å². The summed E-state index contributed by atoms with van der Waals surface area (Å²) in [6.45, 7) is 5.85. The maximum Gasteiger partial charge on any atom is 0.186 e. The number of methoxy groups -OCH3 is 2. The zero-order valence-electron chi connectivity index (χ0n) is 34.4. The van der Waals surface area contributed by atoms with Gasteiger partial charge in [0.2, 0.25) is 0 Å². The molecule has 55 heavy (non-hydrogen) atoms. The molecule has 0 aliphatic carbocycles. The van der Waals surface area contributed by atoms with Crippen molar-refractivity contribution < 1.29 is 42.6 Å². The molecule has 2 aliphatic heterocycles. The average molecular weight is 771 g/mol. The molecule has 2 heterocycles. The highest BCUT2D eigenvalue weighted by Crippen LogP contribution is 2.29. The summed E-state index contributed by atoms with van der Waals surface area (Å²) in [6, 6.07) is 17.3. The van der Waals surface area contributed by atoms with Crippen LogP contribution in [0.15, 0.2) is 48.5 Å². The zero-order chi connectivity index (χ0) is 38.4. The molecular weight excluding hydrogens is 696 g/mol. The van der Waals surface area contributed by atoms with Crippen molar-refractivity contribution in [1.82, 2.24) is 0 Å². The van der Waals surface area contributed by atoms with Crippen molar-refractivity contribution in [2.45, 2.75) is 154 Å². The highest BCUT2D eigenvalue weighted by molar-refractivity contribution is 5.25. The average Bonchev–Trinajstić information content (AvgIpc) is 3.23. The molecule has 4 atom stereocenters. The molecule has 0 N–H and O–H groups in total. The molecule has 0 amide bonds. The molecule has 2 aromatic rings. The van der Waals surface area contributed by atoms with Gasteiger partial charge in [-0.05, 0) is 88.2 Å². The second-order valence-electron chi connectivity index (χ2n) is 15.1. The maximum atomic E-state index is 6.31. The van der Waals surface area contributed by atoms with Gasteiger partial charge in [-0.15, -0.1) is 0 Å². The number of ether oxygens (including phenoxy) is 9. The minimum absolute atomic E-state index is 0.0207. The summed E-state index contributed by atoms with van der Waals surface area (Å²) >= 11 is 0. The summed E-state index contributed by atoms with van der Waals surface area (Å²) < 4.78 is 51.9. The summed E-state index contributed by atoms with van der Waals surface area (Å²) in [4.78, 5) is 0. The van der Waals surface area contributed by atoms with E-state index in [-0.39, 0.29) is 12.6 Å². The van der Waals surface area contributed by atoms with Crippen molar-refractivity contribution in [2.75, 3.05) is 67.1 Å². The van der Waals surface area contributed by atoms with Crippen molar-refractivity contribution in [3.63, 3.8) is 0 Å². The van der Waals surface area contributed by atoms with Crippen LogP contribution in [0.3, 0.4) is 0 Å². The van der Waals surface area contributed by atoms with E-state index in [2.05, 4.69) is 48.5 Å². The van der Waals surface area contributed by atoms with E-state index in [0.29, 0.717) is 26.4 Å². The van der Waals surface area contributed by atoms with Crippen molar-refractivity contribution in [2.24, 2.45) is 0 Å². The summed E-state index contributed by atoms with van der Waals surface area (Å²) in [7, 11) is 3.36. The first kappa shape index (κ1) is 45.8. The molecule has 2 saturated heterocycles. The smallest absolute Gasteiger partial charge is 0.186 e. The first-order valence-corrected chi connectivity index (χ1v) is 21.8. The van der Waals surface area contributed by atoms with Crippen LogP contribution >= 0.6 is 0 Å². The van der Waals surface area contributed by atoms with Gasteiger partial charge in [-0.3, -0.25) is 0 Å². The van der Waals surface area contributed by atoms with Gasteiger partial charge in [-0.25, -0.2) is 0 Å².